The number of aromatic nitrogens is 4. The minimum Gasteiger partial charge on any atom is -0.480 e. The lowest BCUT2D eigenvalue weighted by Crippen LogP contribution is -2.30. The summed E-state index contributed by atoms with van der Waals surface area (Å²) in [6.07, 6.45) is 2.10. The second kappa shape index (κ2) is 13.0. The molecule has 0 aliphatic heterocycles. The summed E-state index contributed by atoms with van der Waals surface area (Å²) in [5, 5.41) is 8.35. The number of nitrogen functional groups attached to an aromatic ring is 1. The molecule has 25 heavy (non-hydrogen) atoms. The van der Waals surface area contributed by atoms with Crippen molar-refractivity contribution in [2.24, 2.45) is 5.73 Å². The Morgan fingerprint density at radius 1 is 1.56 bits per heavy atom. The third-order valence-electron chi connectivity index (χ3n) is 2.42. The molecule has 140 valence electrons. The first-order valence-electron chi connectivity index (χ1n) is 6.93. The summed E-state index contributed by atoms with van der Waals surface area (Å²) in [5.74, 6) is 1.24. The van der Waals surface area contributed by atoms with Crippen molar-refractivity contribution in [2.45, 2.75) is 19.4 Å². The van der Waals surface area contributed by atoms with E-state index < -0.39 is 12.0 Å². The van der Waals surface area contributed by atoms with E-state index in [1.54, 1.807) is 11.8 Å². The van der Waals surface area contributed by atoms with Crippen molar-refractivity contribution in [2.75, 3.05) is 17.2 Å². The van der Waals surface area contributed by atoms with Crippen molar-refractivity contribution in [3.63, 3.8) is 0 Å². The molecule has 0 radical (unpaired) electrons. The molecule has 0 bridgehead atoms. The second-order valence-corrected chi connectivity index (χ2v) is 7.21. The quantitative estimate of drug-likeness (QED) is 0.361. The summed E-state index contributed by atoms with van der Waals surface area (Å²) in [5.41, 5.74) is 12.0. The fourth-order valence-electron chi connectivity index (χ4n) is 1.34. The van der Waals surface area contributed by atoms with E-state index in [-0.39, 0.29) is 10.4 Å². The number of fused-ring (bicyclic) bond motifs is 1. The third kappa shape index (κ3) is 11.0. The van der Waals surface area contributed by atoms with Crippen molar-refractivity contribution < 1.29 is 9.90 Å². The van der Waals surface area contributed by atoms with E-state index in [1.165, 1.54) is 6.33 Å². The summed E-state index contributed by atoms with van der Waals surface area (Å²) in [6.45, 7) is 5.13. The van der Waals surface area contributed by atoms with Crippen LogP contribution in [0.5, 0.6) is 0 Å². The molecule has 0 spiro atoms. The number of H-pyrrole nitrogens is 2. The van der Waals surface area contributed by atoms with Crippen LogP contribution in [0.3, 0.4) is 0 Å². The molecule has 0 aliphatic rings. The van der Waals surface area contributed by atoms with Gasteiger partial charge in [0.1, 0.15) is 11.6 Å². The van der Waals surface area contributed by atoms with Gasteiger partial charge in [0, 0.05) is 0 Å². The number of nitrogens with zero attached hydrogens (tertiary/aromatic N) is 2. The van der Waals surface area contributed by atoms with Gasteiger partial charge in [-0.2, -0.15) is 11.8 Å². The molecule has 12 heteroatoms. The summed E-state index contributed by atoms with van der Waals surface area (Å²) in [4.78, 5) is 23.6. The molecule has 1 atom stereocenters. The predicted octanol–water partition coefficient (Wildman–Crippen LogP) is 3.07. The summed E-state index contributed by atoms with van der Waals surface area (Å²) < 4.78 is 0.550. The fraction of sp³-hybridized carbons (Fsp3) is 0.385. The van der Waals surface area contributed by atoms with Crippen LogP contribution in [0.25, 0.3) is 11.2 Å². The molecule has 0 unspecified atom stereocenters. The van der Waals surface area contributed by atoms with Gasteiger partial charge < -0.3 is 26.5 Å². The average Bonchev–Trinajstić information content (AvgIpc) is 2.96. The number of imidazole rings is 1. The Hall–Kier alpha value is -1.33. The van der Waals surface area contributed by atoms with Crippen LogP contribution in [-0.2, 0) is 4.79 Å². The molecule has 2 heterocycles. The zero-order valence-electron chi connectivity index (χ0n) is 13.5. The molecule has 7 N–H and O–H groups in total. The third-order valence-corrected chi connectivity index (χ3v) is 3.64. The molecule has 2 rings (SSSR count). The van der Waals surface area contributed by atoms with Gasteiger partial charge in [-0.15, -0.1) is 0 Å². The molecule has 0 saturated carbocycles. The maximum absolute atomic E-state index is 10.2. The molecule has 8 nitrogen and oxygen atoms in total. The highest BCUT2D eigenvalue weighted by Crippen LogP contribution is 2.06. The van der Waals surface area contributed by atoms with Crippen LogP contribution >= 0.6 is 47.2 Å². The number of thioether (sulfide) groups is 1. The Balaban J connectivity index is 0.000000384. The number of nitrogens with two attached hydrogens (primary N) is 2. The van der Waals surface area contributed by atoms with E-state index in [0.717, 1.165) is 11.5 Å². The number of anilines is 1. The summed E-state index contributed by atoms with van der Waals surface area (Å²) in [7, 11) is 0. The Labute approximate surface area is 164 Å². The first kappa shape index (κ1) is 23.7. The smallest absolute Gasteiger partial charge is 0.320 e. The number of carboxylic acid groups (broad SMARTS) is 1. The molecule has 2 aromatic heterocycles. The first-order chi connectivity index (χ1) is 11.7. The zero-order chi connectivity index (χ0) is 19.4. The highest BCUT2D eigenvalue weighted by Gasteiger charge is 2.09. The van der Waals surface area contributed by atoms with Crippen molar-refractivity contribution in [1.82, 2.24) is 19.9 Å². The van der Waals surface area contributed by atoms with Gasteiger partial charge in [0.05, 0.1) is 10.8 Å². The standard InChI is InChI=1S/C6H13NO2S.C5H5N5S.C2H2Cl2/c1-2-10-4-3-5(7)6(8)9;6-5-9-3-2(4(11)10-5)7-1-8-3;1-2(3)4/h5H,2-4,7H2,1H3,(H,8,9);1H,(H4,6,7,8,9,10,11);1H2/t5-;;/m0../s1. The van der Waals surface area contributed by atoms with Gasteiger partial charge in [-0.05, 0) is 17.9 Å². The van der Waals surface area contributed by atoms with Gasteiger partial charge in [0.25, 0.3) is 0 Å². The van der Waals surface area contributed by atoms with Gasteiger partial charge in [-0.3, -0.25) is 4.79 Å². The number of aliphatic carboxylic acids is 1. The topological polar surface area (TPSA) is 147 Å². The molecule has 2 aromatic rings. The molecule has 0 aromatic carbocycles. The predicted molar refractivity (Wildman–Crippen MR) is 108 cm³/mol. The van der Waals surface area contributed by atoms with E-state index in [4.69, 9.17) is 52.0 Å². The highest BCUT2D eigenvalue weighted by molar-refractivity contribution is 7.99. The van der Waals surface area contributed by atoms with E-state index in [1.807, 2.05) is 6.92 Å². The number of rotatable bonds is 5. The lowest BCUT2D eigenvalue weighted by atomic mass is 10.2. The largest absolute Gasteiger partial charge is 0.480 e. The lowest BCUT2D eigenvalue weighted by molar-refractivity contribution is -0.138. The molecule has 0 amide bonds. The fourth-order valence-corrected chi connectivity index (χ4v) is 2.31. The number of halogens is 2. The summed E-state index contributed by atoms with van der Waals surface area (Å²) >= 11 is 16.3. The second-order valence-electron chi connectivity index (χ2n) is 4.32. The molecular weight excluding hydrogens is 407 g/mol. The van der Waals surface area contributed by atoms with Crippen LogP contribution in [0.2, 0.25) is 0 Å². The number of nitrogens with one attached hydrogen (secondary N) is 2. The summed E-state index contributed by atoms with van der Waals surface area (Å²) in [6, 6.07) is -0.681. The Bertz CT molecular complexity index is 733. The van der Waals surface area contributed by atoms with Gasteiger partial charge in [-0.1, -0.05) is 48.9 Å². The Kier molecular flexibility index (Phi) is 12.3. The number of carboxylic acids is 1. The van der Waals surface area contributed by atoms with E-state index in [0.29, 0.717) is 22.2 Å². The monoisotopic (exact) mass is 426 g/mol. The van der Waals surface area contributed by atoms with E-state index in [2.05, 4.69) is 26.5 Å². The van der Waals surface area contributed by atoms with Crippen molar-refractivity contribution in [3.05, 3.63) is 22.0 Å². The normalized spacial score (nSPS) is 10.9. The number of hydrogen-bond acceptors (Lipinski definition) is 7. The maximum Gasteiger partial charge on any atom is 0.320 e. The van der Waals surface area contributed by atoms with Crippen LogP contribution in [0.1, 0.15) is 13.3 Å². The number of aromatic amines is 2. The van der Waals surface area contributed by atoms with Crippen LogP contribution in [0, 0.1) is 4.64 Å². The lowest BCUT2D eigenvalue weighted by Gasteiger charge is -2.03. The van der Waals surface area contributed by atoms with Crippen LogP contribution in [0.15, 0.2) is 17.4 Å². The first-order valence-corrected chi connectivity index (χ1v) is 9.25. The highest BCUT2D eigenvalue weighted by atomic mass is 35.5. The van der Waals surface area contributed by atoms with Crippen LogP contribution in [-0.4, -0.2) is 48.6 Å². The maximum atomic E-state index is 10.2. The number of hydrogen-bond donors (Lipinski definition) is 5. The van der Waals surface area contributed by atoms with E-state index in [9.17, 15) is 4.79 Å². The van der Waals surface area contributed by atoms with Crippen molar-refractivity contribution >= 4 is 70.3 Å². The minimum absolute atomic E-state index is 0.111. The number of carbonyl (C=O) groups is 1. The SMILES string of the molecule is C=C(Cl)Cl.CCSCC[C@H](N)C(=O)O.Nc1nc(=S)c2[nH]cnc2[nH]1. The molecule has 0 fully saturated rings. The average molecular weight is 427 g/mol. The Morgan fingerprint density at radius 2 is 2.16 bits per heavy atom. The van der Waals surface area contributed by atoms with Crippen molar-refractivity contribution in [3.8, 4) is 0 Å². The molecule has 0 saturated heterocycles. The van der Waals surface area contributed by atoms with Gasteiger partial charge in [0.2, 0.25) is 5.95 Å². The Morgan fingerprint density at radius 3 is 2.68 bits per heavy atom. The van der Waals surface area contributed by atoms with Gasteiger partial charge in [0.15, 0.2) is 10.3 Å². The minimum atomic E-state index is -0.906. The molecule has 0 aliphatic carbocycles. The van der Waals surface area contributed by atoms with Crippen LogP contribution in [0.4, 0.5) is 5.95 Å². The molecular formula is C13H20Cl2N6O2S2. The van der Waals surface area contributed by atoms with Gasteiger partial charge >= 0.3 is 5.97 Å². The van der Waals surface area contributed by atoms with E-state index >= 15 is 0 Å². The van der Waals surface area contributed by atoms with Crippen molar-refractivity contribution in [1.29, 1.82) is 0 Å². The van der Waals surface area contributed by atoms with Gasteiger partial charge in [-0.25, -0.2) is 9.97 Å². The van der Waals surface area contributed by atoms with Crippen LogP contribution < -0.4 is 11.5 Å². The zero-order valence-corrected chi connectivity index (χ0v) is 16.6.